The average molecular weight is 154 g/mol. The number of carboxylic acid groups (broad SMARTS) is 1. The van der Waals surface area contributed by atoms with E-state index in [4.69, 9.17) is 5.11 Å². The Balaban J connectivity index is 2.46. The van der Waals surface area contributed by atoms with Gasteiger partial charge >= 0.3 is 12.1 Å². The van der Waals surface area contributed by atoms with Gasteiger partial charge in [0.1, 0.15) is 0 Å². The first-order valence-corrected chi connectivity index (χ1v) is 2.72. The highest BCUT2D eigenvalue weighted by Crippen LogP contribution is 2.49. The molecule has 0 spiro atoms. The third kappa shape index (κ3) is 1.22. The second-order valence-corrected chi connectivity index (χ2v) is 2.33. The minimum absolute atomic E-state index is 0.251. The number of carboxylic acids is 1. The standard InChI is InChI=1S/C5H5F3O2/c6-5(7,8)3-1-2(3)4(9)10/h2-3H,1H2,(H,9,10)/t2-,3-/m1/s1. The molecule has 1 aliphatic rings. The van der Waals surface area contributed by atoms with Crippen LogP contribution in [0.15, 0.2) is 0 Å². The molecule has 0 aliphatic heterocycles. The van der Waals surface area contributed by atoms with E-state index in [9.17, 15) is 18.0 Å². The van der Waals surface area contributed by atoms with Crippen molar-refractivity contribution < 1.29 is 23.1 Å². The molecule has 1 rings (SSSR count). The lowest BCUT2D eigenvalue weighted by Gasteiger charge is -2.01. The molecule has 0 heterocycles. The zero-order valence-electron chi connectivity index (χ0n) is 4.85. The van der Waals surface area contributed by atoms with Crippen LogP contribution in [0.25, 0.3) is 0 Å². The van der Waals surface area contributed by atoms with E-state index in [0.717, 1.165) is 0 Å². The first-order chi connectivity index (χ1) is 4.43. The van der Waals surface area contributed by atoms with Gasteiger partial charge in [-0.2, -0.15) is 13.2 Å². The lowest BCUT2D eigenvalue weighted by atomic mass is 10.3. The van der Waals surface area contributed by atoms with Gasteiger partial charge in [-0.15, -0.1) is 0 Å². The fourth-order valence-electron chi connectivity index (χ4n) is 0.830. The summed E-state index contributed by atoms with van der Waals surface area (Å²) < 4.78 is 34.8. The average Bonchev–Trinajstić information content (AvgIpc) is 2.35. The molecule has 1 N–H and O–H groups in total. The Bertz CT molecular complexity index is 163. The molecule has 1 fully saturated rings. The van der Waals surface area contributed by atoms with Gasteiger partial charge in [0.05, 0.1) is 11.8 Å². The summed E-state index contributed by atoms with van der Waals surface area (Å²) in [5.74, 6) is -4.12. The summed E-state index contributed by atoms with van der Waals surface area (Å²) in [5, 5.41) is 8.09. The van der Waals surface area contributed by atoms with E-state index in [1.807, 2.05) is 0 Å². The molecule has 0 unspecified atom stereocenters. The third-order valence-corrected chi connectivity index (χ3v) is 1.53. The molecule has 0 aromatic heterocycles. The summed E-state index contributed by atoms with van der Waals surface area (Å²) >= 11 is 0. The van der Waals surface area contributed by atoms with Crippen LogP contribution in [-0.2, 0) is 4.79 Å². The number of hydrogen-bond acceptors (Lipinski definition) is 1. The summed E-state index contributed by atoms with van der Waals surface area (Å²) in [7, 11) is 0. The zero-order chi connectivity index (χ0) is 7.94. The summed E-state index contributed by atoms with van der Waals surface area (Å²) in [6.45, 7) is 0. The molecular formula is C5H5F3O2. The van der Waals surface area contributed by atoms with E-state index in [1.165, 1.54) is 0 Å². The predicted octanol–water partition coefficient (Wildman–Crippen LogP) is 1.27. The van der Waals surface area contributed by atoms with Crippen LogP contribution in [0.1, 0.15) is 6.42 Å². The summed E-state index contributed by atoms with van der Waals surface area (Å²) in [6.07, 6.45) is -4.57. The Kier molecular flexibility index (Phi) is 1.38. The molecule has 1 aliphatic carbocycles. The van der Waals surface area contributed by atoms with Gasteiger partial charge in [0, 0.05) is 0 Å². The third-order valence-electron chi connectivity index (χ3n) is 1.53. The van der Waals surface area contributed by atoms with Crippen LogP contribution in [0.4, 0.5) is 13.2 Å². The number of hydrogen-bond donors (Lipinski definition) is 1. The maximum atomic E-state index is 11.6. The molecule has 0 saturated heterocycles. The number of carbonyl (C=O) groups is 1. The van der Waals surface area contributed by atoms with Gasteiger partial charge in [-0.1, -0.05) is 0 Å². The molecule has 0 amide bonds. The second-order valence-electron chi connectivity index (χ2n) is 2.33. The number of rotatable bonds is 1. The Labute approximate surface area is 54.6 Å². The first kappa shape index (κ1) is 7.37. The topological polar surface area (TPSA) is 37.3 Å². The van der Waals surface area contributed by atoms with Crippen LogP contribution < -0.4 is 0 Å². The number of halogens is 3. The fourth-order valence-corrected chi connectivity index (χ4v) is 0.830. The molecule has 2 nitrogen and oxygen atoms in total. The molecule has 0 aromatic rings. The van der Waals surface area contributed by atoms with Crippen LogP contribution in [0.5, 0.6) is 0 Å². The van der Waals surface area contributed by atoms with Crippen molar-refractivity contribution in [2.75, 3.05) is 0 Å². The second kappa shape index (κ2) is 1.87. The Morgan fingerprint density at radius 2 is 2.00 bits per heavy atom. The maximum Gasteiger partial charge on any atom is 0.392 e. The van der Waals surface area contributed by atoms with Crippen molar-refractivity contribution >= 4 is 5.97 Å². The van der Waals surface area contributed by atoms with Crippen molar-refractivity contribution in [3.05, 3.63) is 0 Å². The maximum absolute atomic E-state index is 11.6. The van der Waals surface area contributed by atoms with Gasteiger partial charge in [-0.05, 0) is 6.42 Å². The van der Waals surface area contributed by atoms with Crippen molar-refractivity contribution in [1.82, 2.24) is 0 Å². The van der Waals surface area contributed by atoms with Gasteiger partial charge in [0.15, 0.2) is 0 Å². The molecule has 2 atom stereocenters. The van der Waals surface area contributed by atoms with Crippen molar-refractivity contribution in [3.8, 4) is 0 Å². The van der Waals surface area contributed by atoms with Crippen LogP contribution in [-0.4, -0.2) is 17.3 Å². The highest BCUT2D eigenvalue weighted by Gasteiger charge is 2.59. The SMILES string of the molecule is O=C(O)[C@@H]1C[C@H]1C(F)(F)F. The van der Waals surface area contributed by atoms with Crippen molar-refractivity contribution in [1.29, 1.82) is 0 Å². The van der Waals surface area contributed by atoms with Gasteiger partial charge in [-0.3, -0.25) is 4.79 Å². The molecule has 5 heteroatoms. The largest absolute Gasteiger partial charge is 0.481 e. The summed E-state index contributed by atoms with van der Waals surface area (Å²) in [5.41, 5.74) is 0. The van der Waals surface area contributed by atoms with E-state index in [2.05, 4.69) is 0 Å². The number of aliphatic carboxylic acids is 1. The van der Waals surface area contributed by atoms with Crippen LogP contribution in [0.3, 0.4) is 0 Å². The Morgan fingerprint density at radius 1 is 1.50 bits per heavy atom. The van der Waals surface area contributed by atoms with Gasteiger partial charge in [-0.25, -0.2) is 0 Å². The Morgan fingerprint density at radius 3 is 2.10 bits per heavy atom. The molecule has 0 radical (unpaired) electrons. The van der Waals surface area contributed by atoms with Gasteiger partial charge in [0.2, 0.25) is 0 Å². The van der Waals surface area contributed by atoms with E-state index in [0.29, 0.717) is 0 Å². The minimum Gasteiger partial charge on any atom is -0.481 e. The van der Waals surface area contributed by atoms with Crippen molar-refractivity contribution in [2.45, 2.75) is 12.6 Å². The molecular weight excluding hydrogens is 149 g/mol. The summed E-state index contributed by atoms with van der Waals surface area (Å²) in [4.78, 5) is 9.92. The number of alkyl halides is 3. The molecule has 1 saturated carbocycles. The highest BCUT2D eigenvalue weighted by atomic mass is 19.4. The van der Waals surface area contributed by atoms with E-state index in [-0.39, 0.29) is 6.42 Å². The van der Waals surface area contributed by atoms with E-state index >= 15 is 0 Å². The minimum atomic E-state index is -4.32. The van der Waals surface area contributed by atoms with Gasteiger partial charge < -0.3 is 5.11 Å². The van der Waals surface area contributed by atoms with E-state index in [1.54, 1.807) is 0 Å². The van der Waals surface area contributed by atoms with Crippen molar-refractivity contribution in [3.63, 3.8) is 0 Å². The van der Waals surface area contributed by atoms with Crippen LogP contribution in [0, 0.1) is 11.8 Å². The Hall–Kier alpha value is -0.740. The monoisotopic (exact) mass is 154 g/mol. The zero-order valence-corrected chi connectivity index (χ0v) is 4.85. The predicted molar refractivity (Wildman–Crippen MR) is 25.3 cm³/mol. The highest BCUT2D eigenvalue weighted by molar-refractivity contribution is 5.73. The normalized spacial score (nSPS) is 31.9. The van der Waals surface area contributed by atoms with Crippen LogP contribution in [0.2, 0.25) is 0 Å². The molecule has 0 aromatic carbocycles. The first-order valence-electron chi connectivity index (χ1n) is 2.72. The fraction of sp³-hybridized carbons (Fsp3) is 0.800. The quantitative estimate of drug-likeness (QED) is 0.617. The lowest BCUT2D eigenvalue weighted by molar-refractivity contribution is -0.160. The van der Waals surface area contributed by atoms with E-state index < -0.39 is 24.0 Å². The summed E-state index contributed by atoms with van der Waals surface area (Å²) in [6, 6.07) is 0. The molecule has 0 bridgehead atoms. The van der Waals surface area contributed by atoms with Crippen LogP contribution >= 0.6 is 0 Å². The van der Waals surface area contributed by atoms with Crippen molar-refractivity contribution in [2.24, 2.45) is 11.8 Å². The molecule has 58 valence electrons. The smallest absolute Gasteiger partial charge is 0.392 e. The molecule has 10 heavy (non-hydrogen) atoms. The lowest BCUT2D eigenvalue weighted by Crippen LogP contribution is -2.14. The van der Waals surface area contributed by atoms with Gasteiger partial charge in [0.25, 0.3) is 0 Å².